The number of amides is 1. The Balaban J connectivity index is 1.67. The van der Waals surface area contributed by atoms with Crippen molar-refractivity contribution >= 4 is 39.1 Å². The van der Waals surface area contributed by atoms with Crippen molar-refractivity contribution in [3.8, 4) is 11.4 Å². The number of halogens is 1. The van der Waals surface area contributed by atoms with Gasteiger partial charge in [0.05, 0.1) is 18.3 Å². The van der Waals surface area contributed by atoms with Crippen LogP contribution < -0.4 is 21.3 Å². The fraction of sp³-hybridized carbons (Fsp3) is 0.136. The number of hydrogen-bond acceptors (Lipinski definition) is 5. The van der Waals surface area contributed by atoms with Gasteiger partial charge < -0.3 is 10.1 Å². The smallest absolute Gasteiger partial charge is 0.336 e. The molecule has 0 aliphatic rings. The summed E-state index contributed by atoms with van der Waals surface area (Å²) in [6.07, 6.45) is 0. The lowest BCUT2D eigenvalue weighted by molar-refractivity contribution is -0.121. The number of aromatic nitrogens is 2. The van der Waals surface area contributed by atoms with Crippen molar-refractivity contribution in [3.63, 3.8) is 0 Å². The molecule has 0 radical (unpaired) electrons. The molecule has 2 aromatic carbocycles. The molecule has 1 N–H and O–H groups in total. The third-order valence-electron chi connectivity index (χ3n) is 4.75. The molecule has 4 aromatic rings. The molecule has 2 aromatic heterocycles. The largest absolute Gasteiger partial charge is 0.497 e. The Bertz CT molecular complexity index is 1390. The SMILES string of the molecule is COc1cccc(CNC(=O)Cn2c(=O)n(-c3cccc(Cl)c3)c(=O)c3sccc32)c1. The van der Waals surface area contributed by atoms with Crippen molar-refractivity contribution in [2.75, 3.05) is 7.11 Å². The van der Waals surface area contributed by atoms with Gasteiger partial charge in [0.15, 0.2) is 0 Å². The van der Waals surface area contributed by atoms with E-state index in [9.17, 15) is 14.4 Å². The van der Waals surface area contributed by atoms with Gasteiger partial charge in [-0.05, 0) is 47.3 Å². The van der Waals surface area contributed by atoms with Crippen LogP contribution in [0.15, 0.2) is 69.6 Å². The zero-order valence-corrected chi connectivity index (χ0v) is 18.1. The van der Waals surface area contributed by atoms with E-state index in [0.717, 1.165) is 10.1 Å². The molecule has 1 amide bonds. The van der Waals surface area contributed by atoms with Crippen molar-refractivity contribution in [2.24, 2.45) is 0 Å². The van der Waals surface area contributed by atoms with Gasteiger partial charge in [-0.2, -0.15) is 0 Å². The molecule has 2 heterocycles. The molecule has 0 atom stereocenters. The van der Waals surface area contributed by atoms with Crippen LogP contribution in [0.4, 0.5) is 0 Å². The number of hydrogen-bond donors (Lipinski definition) is 1. The molecule has 9 heteroatoms. The van der Waals surface area contributed by atoms with Gasteiger partial charge in [-0.3, -0.25) is 14.2 Å². The topological polar surface area (TPSA) is 82.3 Å². The standard InChI is InChI=1S/C22H18ClN3O4S/c1-30-17-7-2-4-14(10-17)12-24-19(27)13-25-18-8-9-31-20(18)21(28)26(22(25)29)16-6-3-5-15(23)11-16/h2-11H,12-13H2,1H3,(H,24,27). The van der Waals surface area contributed by atoms with Crippen molar-refractivity contribution < 1.29 is 9.53 Å². The number of ether oxygens (including phenoxy) is 1. The number of benzene rings is 2. The molecule has 158 valence electrons. The molecule has 0 bridgehead atoms. The third-order valence-corrected chi connectivity index (χ3v) is 5.87. The number of nitrogens with zero attached hydrogens (tertiary/aromatic N) is 2. The van der Waals surface area contributed by atoms with Crippen LogP contribution in [0.1, 0.15) is 5.56 Å². The summed E-state index contributed by atoms with van der Waals surface area (Å²) in [5, 5.41) is 4.93. The highest BCUT2D eigenvalue weighted by atomic mass is 35.5. The molecule has 31 heavy (non-hydrogen) atoms. The fourth-order valence-electron chi connectivity index (χ4n) is 3.27. The van der Waals surface area contributed by atoms with Crippen LogP contribution in [0.5, 0.6) is 5.75 Å². The minimum atomic E-state index is -0.602. The molecule has 0 fully saturated rings. The van der Waals surface area contributed by atoms with Gasteiger partial charge in [0, 0.05) is 11.6 Å². The minimum absolute atomic E-state index is 0.225. The number of rotatable bonds is 6. The third kappa shape index (κ3) is 4.26. The summed E-state index contributed by atoms with van der Waals surface area (Å²) in [7, 11) is 1.57. The van der Waals surface area contributed by atoms with E-state index in [1.165, 1.54) is 22.0 Å². The van der Waals surface area contributed by atoms with E-state index < -0.39 is 11.2 Å². The van der Waals surface area contributed by atoms with Gasteiger partial charge in [0.2, 0.25) is 5.91 Å². The highest BCUT2D eigenvalue weighted by Gasteiger charge is 2.17. The first-order valence-electron chi connectivity index (χ1n) is 9.36. The number of thiophene rings is 1. The van der Waals surface area contributed by atoms with Crippen LogP contribution in [-0.4, -0.2) is 22.2 Å². The molecule has 0 saturated carbocycles. The lowest BCUT2D eigenvalue weighted by Gasteiger charge is -2.13. The normalized spacial score (nSPS) is 10.9. The van der Waals surface area contributed by atoms with Crippen LogP contribution in [0.2, 0.25) is 5.02 Å². The van der Waals surface area contributed by atoms with Crippen LogP contribution in [0.25, 0.3) is 15.9 Å². The van der Waals surface area contributed by atoms with E-state index in [1.54, 1.807) is 36.8 Å². The molecule has 0 unspecified atom stereocenters. The first kappa shape index (κ1) is 20.9. The van der Waals surface area contributed by atoms with Crippen molar-refractivity contribution in [1.82, 2.24) is 14.5 Å². The number of carbonyl (C=O) groups is 1. The quantitative estimate of drug-likeness (QED) is 0.484. The van der Waals surface area contributed by atoms with E-state index in [1.807, 2.05) is 24.3 Å². The number of nitrogens with one attached hydrogen (secondary N) is 1. The van der Waals surface area contributed by atoms with Crippen LogP contribution in [0.3, 0.4) is 0 Å². The molecule has 7 nitrogen and oxygen atoms in total. The van der Waals surface area contributed by atoms with Gasteiger partial charge in [0.1, 0.15) is 17.0 Å². The fourth-order valence-corrected chi connectivity index (χ4v) is 4.27. The summed E-state index contributed by atoms with van der Waals surface area (Å²) >= 11 is 7.27. The molecule has 0 aliphatic heterocycles. The Hall–Kier alpha value is -3.36. The van der Waals surface area contributed by atoms with E-state index in [2.05, 4.69) is 5.32 Å². The Morgan fingerprint density at radius 2 is 1.94 bits per heavy atom. The van der Waals surface area contributed by atoms with E-state index in [-0.39, 0.29) is 19.0 Å². The second-order valence-corrected chi connectivity index (χ2v) is 8.10. The summed E-state index contributed by atoms with van der Waals surface area (Å²) in [5.41, 5.74) is 0.600. The first-order chi connectivity index (χ1) is 15.0. The van der Waals surface area contributed by atoms with Gasteiger partial charge >= 0.3 is 5.69 Å². The molecule has 0 spiro atoms. The molecule has 4 rings (SSSR count). The van der Waals surface area contributed by atoms with Gasteiger partial charge in [-0.25, -0.2) is 9.36 Å². The van der Waals surface area contributed by atoms with E-state index in [0.29, 0.717) is 26.7 Å². The summed E-state index contributed by atoms with van der Waals surface area (Å²) in [4.78, 5) is 38.8. The van der Waals surface area contributed by atoms with Crippen molar-refractivity contribution in [1.29, 1.82) is 0 Å². The average Bonchev–Trinajstić information content (AvgIpc) is 3.26. The summed E-state index contributed by atoms with van der Waals surface area (Å²) < 4.78 is 7.92. The van der Waals surface area contributed by atoms with Crippen LogP contribution in [0, 0.1) is 0 Å². The second kappa shape index (κ2) is 8.79. The van der Waals surface area contributed by atoms with Gasteiger partial charge in [-0.1, -0.05) is 29.8 Å². The lowest BCUT2D eigenvalue weighted by atomic mass is 10.2. The van der Waals surface area contributed by atoms with Gasteiger partial charge in [-0.15, -0.1) is 11.3 Å². The highest BCUT2D eigenvalue weighted by molar-refractivity contribution is 7.17. The molecule has 0 aliphatic carbocycles. The van der Waals surface area contributed by atoms with Crippen LogP contribution in [-0.2, 0) is 17.9 Å². The maximum Gasteiger partial charge on any atom is 0.336 e. The molecule has 0 saturated heterocycles. The molecular weight excluding hydrogens is 438 g/mol. The molecular formula is C22H18ClN3O4S. The highest BCUT2D eigenvalue weighted by Crippen LogP contribution is 2.18. The minimum Gasteiger partial charge on any atom is -0.497 e. The number of fused-ring (bicyclic) bond motifs is 1. The monoisotopic (exact) mass is 455 g/mol. The Kier molecular flexibility index (Phi) is 5.92. The predicted octanol–water partition coefficient (Wildman–Crippen LogP) is 3.19. The Labute approximate surface area is 186 Å². The van der Waals surface area contributed by atoms with Crippen LogP contribution >= 0.6 is 22.9 Å². The Morgan fingerprint density at radius 1 is 1.13 bits per heavy atom. The number of carbonyl (C=O) groups excluding carboxylic acids is 1. The lowest BCUT2D eigenvalue weighted by Crippen LogP contribution is -2.41. The average molecular weight is 456 g/mol. The maximum atomic E-state index is 13.2. The zero-order valence-electron chi connectivity index (χ0n) is 16.5. The first-order valence-corrected chi connectivity index (χ1v) is 10.6. The zero-order chi connectivity index (χ0) is 22.0. The maximum absolute atomic E-state index is 13.2. The van der Waals surface area contributed by atoms with Gasteiger partial charge in [0.25, 0.3) is 5.56 Å². The summed E-state index contributed by atoms with van der Waals surface area (Å²) in [5.74, 6) is 0.338. The van der Waals surface area contributed by atoms with E-state index in [4.69, 9.17) is 16.3 Å². The predicted molar refractivity (Wildman–Crippen MR) is 122 cm³/mol. The Morgan fingerprint density at radius 3 is 2.71 bits per heavy atom. The van der Waals surface area contributed by atoms with Crippen molar-refractivity contribution in [2.45, 2.75) is 13.1 Å². The number of methoxy groups -OCH3 is 1. The summed E-state index contributed by atoms with van der Waals surface area (Å²) in [6.45, 7) is 0.0579. The second-order valence-electron chi connectivity index (χ2n) is 6.75. The van der Waals surface area contributed by atoms with E-state index >= 15 is 0 Å². The van der Waals surface area contributed by atoms with Crippen molar-refractivity contribution in [3.05, 3.63) is 91.4 Å². The summed E-state index contributed by atoms with van der Waals surface area (Å²) in [6, 6.07) is 15.5.